The van der Waals surface area contributed by atoms with Crippen LogP contribution in [0.5, 0.6) is 0 Å². The van der Waals surface area contributed by atoms with E-state index in [0.717, 1.165) is 0 Å². The topological polar surface area (TPSA) is 91.3 Å². The van der Waals surface area contributed by atoms with E-state index in [9.17, 15) is 14.7 Å². The minimum absolute atomic E-state index is 0.124. The first-order chi connectivity index (χ1) is 10.5. The molecule has 0 bridgehead atoms. The van der Waals surface area contributed by atoms with Crippen LogP contribution in [0.1, 0.15) is 17.3 Å². The summed E-state index contributed by atoms with van der Waals surface area (Å²) in [6.45, 7) is 1.10. The predicted molar refractivity (Wildman–Crippen MR) is 74.0 cm³/mol. The third-order valence-corrected chi connectivity index (χ3v) is 3.25. The van der Waals surface area contributed by atoms with Crippen LogP contribution in [-0.2, 0) is 23.7 Å². The van der Waals surface area contributed by atoms with Gasteiger partial charge in [-0.1, -0.05) is 18.2 Å². The van der Waals surface area contributed by atoms with E-state index in [1.807, 2.05) is 0 Å². The summed E-state index contributed by atoms with van der Waals surface area (Å²) >= 11 is 0. The van der Waals surface area contributed by atoms with E-state index in [1.54, 1.807) is 30.3 Å². The van der Waals surface area contributed by atoms with Crippen molar-refractivity contribution in [1.82, 2.24) is 0 Å². The van der Waals surface area contributed by atoms with Crippen LogP contribution < -0.4 is 0 Å². The fraction of sp³-hybridized carbons (Fsp3) is 0.467. The van der Waals surface area contributed by atoms with Gasteiger partial charge in [0.05, 0.1) is 5.56 Å². The third kappa shape index (κ3) is 3.82. The Hall–Kier alpha value is -1.96. The van der Waals surface area contributed by atoms with Crippen LogP contribution in [0.15, 0.2) is 30.3 Å². The summed E-state index contributed by atoms with van der Waals surface area (Å²) in [5.74, 6) is -1.07. The highest BCUT2D eigenvalue weighted by atomic mass is 16.7. The summed E-state index contributed by atoms with van der Waals surface area (Å²) in [6.07, 6.45) is -3.73. The Bertz CT molecular complexity index is 516. The van der Waals surface area contributed by atoms with E-state index in [-0.39, 0.29) is 6.61 Å². The molecule has 1 aromatic rings. The molecule has 22 heavy (non-hydrogen) atoms. The normalized spacial score (nSPS) is 27.4. The van der Waals surface area contributed by atoms with Crippen LogP contribution in [0.2, 0.25) is 0 Å². The van der Waals surface area contributed by atoms with Crippen LogP contribution in [-0.4, -0.2) is 55.4 Å². The highest BCUT2D eigenvalue weighted by Gasteiger charge is 2.47. The summed E-state index contributed by atoms with van der Waals surface area (Å²) in [4.78, 5) is 22.9. The maximum absolute atomic E-state index is 11.9. The first-order valence-electron chi connectivity index (χ1n) is 6.78. The van der Waals surface area contributed by atoms with Gasteiger partial charge in [-0.15, -0.1) is 0 Å². The number of hydrogen-bond donors (Lipinski definition) is 1. The lowest BCUT2D eigenvalue weighted by molar-refractivity contribution is -0.171. The second kappa shape index (κ2) is 7.35. The zero-order valence-electron chi connectivity index (χ0n) is 12.3. The Morgan fingerprint density at radius 2 is 1.91 bits per heavy atom. The smallest absolute Gasteiger partial charge is 0.338 e. The standard InChI is InChI=1S/C15H18O7/c1-9(16)21-13-12(19-2)11(22-15(13)18)8-20-14(17)10-6-4-3-5-7-10/h3-7,11-13,15,18H,8H2,1-2H3/t11-,12-,13-,15-/m0/s1. The van der Waals surface area contributed by atoms with Crippen molar-refractivity contribution in [3.05, 3.63) is 35.9 Å². The van der Waals surface area contributed by atoms with Gasteiger partial charge < -0.3 is 24.1 Å². The number of aliphatic hydroxyl groups excluding tert-OH is 1. The molecule has 1 aliphatic heterocycles. The van der Waals surface area contributed by atoms with Crippen molar-refractivity contribution in [1.29, 1.82) is 0 Å². The molecular formula is C15H18O7. The van der Waals surface area contributed by atoms with Crippen molar-refractivity contribution in [2.45, 2.75) is 31.5 Å². The number of carbonyl (C=O) groups is 2. The highest BCUT2D eigenvalue weighted by molar-refractivity contribution is 5.89. The minimum atomic E-state index is -1.32. The monoisotopic (exact) mass is 310 g/mol. The fourth-order valence-electron chi connectivity index (χ4n) is 2.26. The van der Waals surface area contributed by atoms with Crippen molar-refractivity contribution in [2.24, 2.45) is 0 Å². The van der Waals surface area contributed by atoms with Crippen LogP contribution in [0.25, 0.3) is 0 Å². The van der Waals surface area contributed by atoms with Gasteiger partial charge in [0.1, 0.15) is 18.8 Å². The van der Waals surface area contributed by atoms with Crippen LogP contribution in [0, 0.1) is 0 Å². The zero-order chi connectivity index (χ0) is 16.1. The summed E-state index contributed by atoms with van der Waals surface area (Å²) < 4.78 is 20.6. The quantitative estimate of drug-likeness (QED) is 0.792. The van der Waals surface area contributed by atoms with Gasteiger partial charge in [0.25, 0.3) is 0 Å². The third-order valence-electron chi connectivity index (χ3n) is 3.25. The first-order valence-corrected chi connectivity index (χ1v) is 6.78. The molecule has 1 saturated heterocycles. The molecule has 0 saturated carbocycles. The average Bonchev–Trinajstić information content (AvgIpc) is 2.80. The summed E-state index contributed by atoms with van der Waals surface area (Å²) in [6, 6.07) is 8.49. The van der Waals surface area contributed by atoms with E-state index in [4.69, 9.17) is 18.9 Å². The molecule has 0 spiro atoms. The second-order valence-electron chi connectivity index (χ2n) is 4.80. The maximum Gasteiger partial charge on any atom is 0.338 e. The van der Waals surface area contributed by atoms with Gasteiger partial charge in [0.2, 0.25) is 0 Å². The van der Waals surface area contributed by atoms with E-state index < -0.39 is 36.5 Å². The van der Waals surface area contributed by atoms with Gasteiger partial charge in [0.15, 0.2) is 12.4 Å². The lowest BCUT2D eigenvalue weighted by Gasteiger charge is -2.20. The fourth-order valence-corrected chi connectivity index (χ4v) is 2.26. The Labute approximate surface area is 127 Å². The molecule has 2 rings (SSSR count). The van der Waals surface area contributed by atoms with Crippen molar-refractivity contribution in [3.63, 3.8) is 0 Å². The SMILES string of the molecule is CO[C@@H]1[C@H](OC(C)=O)[C@@H](O)O[C@H]1COC(=O)c1ccccc1. The van der Waals surface area contributed by atoms with Crippen LogP contribution in [0.3, 0.4) is 0 Å². The number of aliphatic hydroxyl groups is 1. The van der Waals surface area contributed by atoms with Gasteiger partial charge >= 0.3 is 11.9 Å². The Balaban J connectivity index is 1.95. The molecule has 1 heterocycles. The molecule has 0 radical (unpaired) electrons. The number of hydrogen-bond acceptors (Lipinski definition) is 7. The number of methoxy groups -OCH3 is 1. The van der Waals surface area contributed by atoms with Crippen molar-refractivity contribution in [2.75, 3.05) is 13.7 Å². The zero-order valence-corrected chi connectivity index (χ0v) is 12.3. The molecule has 120 valence electrons. The molecule has 7 heteroatoms. The lowest BCUT2D eigenvalue weighted by Crippen LogP contribution is -2.39. The van der Waals surface area contributed by atoms with E-state index in [0.29, 0.717) is 5.56 Å². The Morgan fingerprint density at radius 3 is 2.50 bits per heavy atom. The summed E-state index contributed by atoms with van der Waals surface area (Å²) in [7, 11) is 1.40. The molecule has 0 amide bonds. The molecule has 7 nitrogen and oxygen atoms in total. The molecule has 1 N–H and O–H groups in total. The number of rotatable bonds is 5. The first kappa shape index (κ1) is 16.4. The summed E-state index contributed by atoms with van der Waals surface area (Å²) in [5, 5.41) is 9.77. The number of ether oxygens (including phenoxy) is 4. The van der Waals surface area contributed by atoms with Gasteiger partial charge in [0, 0.05) is 14.0 Å². The van der Waals surface area contributed by atoms with Gasteiger partial charge in [-0.3, -0.25) is 4.79 Å². The van der Waals surface area contributed by atoms with E-state index in [2.05, 4.69) is 0 Å². The van der Waals surface area contributed by atoms with Crippen molar-refractivity contribution < 1.29 is 33.6 Å². The number of esters is 2. The van der Waals surface area contributed by atoms with Crippen molar-refractivity contribution in [3.8, 4) is 0 Å². The highest BCUT2D eigenvalue weighted by Crippen LogP contribution is 2.25. The molecule has 0 unspecified atom stereocenters. The molecule has 1 fully saturated rings. The second-order valence-corrected chi connectivity index (χ2v) is 4.80. The summed E-state index contributed by atoms with van der Waals surface area (Å²) in [5.41, 5.74) is 0.409. The van der Waals surface area contributed by atoms with Crippen molar-refractivity contribution >= 4 is 11.9 Å². The minimum Gasteiger partial charge on any atom is -0.459 e. The van der Waals surface area contributed by atoms with E-state index in [1.165, 1.54) is 14.0 Å². The van der Waals surface area contributed by atoms with Gasteiger partial charge in [-0.25, -0.2) is 4.79 Å². The van der Waals surface area contributed by atoms with Crippen LogP contribution >= 0.6 is 0 Å². The predicted octanol–water partition coefficient (Wildman–Crippen LogP) is 0.507. The van der Waals surface area contributed by atoms with Gasteiger partial charge in [-0.2, -0.15) is 0 Å². The Kier molecular flexibility index (Phi) is 5.48. The molecule has 0 aliphatic carbocycles. The molecule has 1 aliphatic rings. The molecular weight excluding hydrogens is 292 g/mol. The molecule has 0 aromatic heterocycles. The van der Waals surface area contributed by atoms with E-state index >= 15 is 0 Å². The van der Waals surface area contributed by atoms with Crippen LogP contribution in [0.4, 0.5) is 0 Å². The molecule has 1 aromatic carbocycles. The lowest BCUT2D eigenvalue weighted by atomic mass is 10.1. The maximum atomic E-state index is 11.9. The molecule has 4 atom stereocenters. The van der Waals surface area contributed by atoms with Gasteiger partial charge in [-0.05, 0) is 12.1 Å². The Morgan fingerprint density at radius 1 is 1.23 bits per heavy atom. The average molecular weight is 310 g/mol. The number of carbonyl (C=O) groups excluding carboxylic acids is 2. The number of benzene rings is 1. The largest absolute Gasteiger partial charge is 0.459 e.